The Morgan fingerprint density at radius 2 is 1.82 bits per heavy atom. The summed E-state index contributed by atoms with van der Waals surface area (Å²) in [6, 6.07) is 9.82. The minimum absolute atomic E-state index is 0.0763. The summed E-state index contributed by atoms with van der Waals surface area (Å²) in [4.78, 5) is 4.15. The van der Waals surface area contributed by atoms with Crippen LogP contribution < -0.4 is 5.73 Å². The molecule has 4 nitrogen and oxygen atoms in total. The van der Waals surface area contributed by atoms with E-state index in [-0.39, 0.29) is 17.2 Å². The third-order valence-corrected chi connectivity index (χ3v) is 3.13. The van der Waals surface area contributed by atoms with Gasteiger partial charge in [-0.15, -0.1) is 0 Å². The van der Waals surface area contributed by atoms with Gasteiger partial charge >= 0.3 is 0 Å². The van der Waals surface area contributed by atoms with E-state index in [0.717, 1.165) is 6.07 Å². The molecule has 0 atom stereocenters. The fourth-order valence-corrected chi connectivity index (χ4v) is 2.01. The van der Waals surface area contributed by atoms with Crippen molar-refractivity contribution in [3.63, 3.8) is 0 Å². The smallest absolute Gasteiger partial charge is 0.153 e. The largest absolute Gasteiger partial charge is 0.454 e. The lowest BCUT2D eigenvalue weighted by atomic mass is 10.1. The average Bonchev–Trinajstić information content (AvgIpc) is 2.97. The van der Waals surface area contributed by atoms with Crippen LogP contribution in [0, 0.1) is 17.0 Å². The first-order chi connectivity index (χ1) is 10.5. The molecule has 22 heavy (non-hydrogen) atoms. The zero-order valence-electron chi connectivity index (χ0n) is 11.3. The third-order valence-electron chi connectivity index (χ3n) is 3.13. The molecule has 1 aromatic carbocycles. The van der Waals surface area contributed by atoms with Crippen molar-refractivity contribution in [3.8, 4) is 22.8 Å². The molecule has 0 saturated heterocycles. The molecule has 0 aliphatic carbocycles. The van der Waals surface area contributed by atoms with Crippen molar-refractivity contribution in [2.24, 2.45) is 5.73 Å². The fraction of sp³-hybridized carbons (Fsp3) is 0. The van der Waals surface area contributed by atoms with Crippen molar-refractivity contribution in [2.75, 3.05) is 0 Å². The molecule has 3 rings (SSSR count). The van der Waals surface area contributed by atoms with Gasteiger partial charge in [0, 0.05) is 17.8 Å². The van der Waals surface area contributed by atoms with Crippen LogP contribution in [0.15, 0.2) is 53.1 Å². The Hall–Kier alpha value is -3.02. The van der Waals surface area contributed by atoms with E-state index >= 15 is 0 Å². The maximum atomic E-state index is 13.7. The van der Waals surface area contributed by atoms with Gasteiger partial charge in [0.2, 0.25) is 0 Å². The molecular formula is C16H11F2N3O. The number of hydrogen-bond acceptors (Lipinski definition) is 3. The molecule has 2 heterocycles. The number of rotatable bonds is 3. The molecule has 3 N–H and O–H groups in total. The topological polar surface area (TPSA) is 75.9 Å². The fourth-order valence-electron chi connectivity index (χ4n) is 2.01. The molecule has 0 unspecified atom stereocenters. The zero-order valence-corrected chi connectivity index (χ0v) is 11.3. The number of amidine groups is 1. The van der Waals surface area contributed by atoms with E-state index in [1.807, 2.05) is 0 Å². The number of furan rings is 1. The summed E-state index contributed by atoms with van der Waals surface area (Å²) in [5, 5.41) is 7.31. The highest BCUT2D eigenvalue weighted by Crippen LogP contribution is 2.29. The van der Waals surface area contributed by atoms with Crippen molar-refractivity contribution in [1.82, 2.24) is 4.98 Å². The molecule has 0 amide bonds. The van der Waals surface area contributed by atoms with E-state index in [2.05, 4.69) is 4.98 Å². The molecule has 0 fully saturated rings. The standard InChI is InChI=1S/C16H11F2N3O/c17-10-2-3-11(12(18)7-10)14-5-6-15(22-14)13-4-1-9(8-21-13)16(19)20/h1-8H,(H3,19,20). The van der Waals surface area contributed by atoms with Gasteiger partial charge in [0.25, 0.3) is 0 Å². The molecule has 0 spiro atoms. The van der Waals surface area contributed by atoms with Crippen LogP contribution in [0.25, 0.3) is 22.8 Å². The van der Waals surface area contributed by atoms with Crippen molar-refractivity contribution in [1.29, 1.82) is 5.41 Å². The molecule has 0 radical (unpaired) electrons. The zero-order chi connectivity index (χ0) is 15.7. The maximum Gasteiger partial charge on any atom is 0.153 e. The van der Waals surface area contributed by atoms with Crippen LogP contribution in [0.5, 0.6) is 0 Å². The summed E-state index contributed by atoms with van der Waals surface area (Å²) in [7, 11) is 0. The van der Waals surface area contributed by atoms with Crippen LogP contribution in [-0.2, 0) is 0 Å². The minimum atomic E-state index is -0.694. The van der Waals surface area contributed by atoms with Crippen LogP contribution in [0.4, 0.5) is 8.78 Å². The number of nitrogens with two attached hydrogens (primary N) is 1. The van der Waals surface area contributed by atoms with Crippen LogP contribution in [-0.4, -0.2) is 10.8 Å². The van der Waals surface area contributed by atoms with E-state index < -0.39 is 11.6 Å². The van der Waals surface area contributed by atoms with Gasteiger partial charge in [-0.25, -0.2) is 8.78 Å². The van der Waals surface area contributed by atoms with Gasteiger partial charge in [0.15, 0.2) is 5.76 Å². The predicted octanol–water partition coefficient (Wildman–Crippen LogP) is 3.57. The molecule has 110 valence electrons. The minimum Gasteiger partial charge on any atom is -0.454 e. The summed E-state index contributed by atoms with van der Waals surface area (Å²) in [5.41, 5.74) is 6.56. The van der Waals surface area contributed by atoms with Crippen molar-refractivity contribution >= 4 is 5.84 Å². The van der Waals surface area contributed by atoms with Crippen molar-refractivity contribution < 1.29 is 13.2 Å². The Balaban J connectivity index is 1.95. The normalized spacial score (nSPS) is 10.6. The van der Waals surface area contributed by atoms with Gasteiger partial charge in [0.1, 0.15) is 28.9 Å². The highest BCUT2D eigenvalue weighted by Gasteiger charge is 2.12. The lowest BCUT2D eigenvalue weighted by Crippen LogP contribution is -2.11. The first kappa shape index (κ1) is 13.9. The van der Waals surface area contributed by atoms with Gasteiger partial charge in [0.05, 0.1) is 5.56 Å². The van der Waals surface area contributed by atoms with E-state index in [1.165, 1.54) is 18.3 Å². The quantitative estimate of drug-likeness (QED) is 0.573. The molecule has 3 aromatic rings. The van der Waals surface area contributed by atoms with Crippen LogP contribution >= 0.6 is 0 Å². The lowest BCUT2D eigenvalue weighted by Gasteiger charge is -2.01. The molecule has 0 aliphatic rings. The Morgan fingerprint density at radius 3 is 2.45 bits per heavy atom. The Labute approximate surface area is 124 Å². The number of aromatic nitrogens is 1. The number of hydrogen-bond donors (Lipinski definition) is 2. The molecular weight excluding hydrogens is 288 g/mol. The highest BCUT2D eigenvalue weighted by molar-refractivity contribution is 5.94. The number of pyridine rings is 1. The Bertz CT molecular complexity index is 841. The number of benzene rings is 1. The first-order valence-corrected chi connectivity index (χ1v) is 6.40. The van der Waals surface area contributed by atoms with E-state index in [0.29, 0.717) is 17.0 Å². The second-order valence-electron chi connectivity index (χ2n) is 4.63. The van der Waals surface area contributed by atoms with E-state index in [4.69, 9.17) is 15.6 Å². The number of nitrogen functional groups attached to an aromatic ring is 1. The number of nitrogens with zero attached hydrogens (tertiary/aromatic N) is 1. The molecule has 0 aliphatic heterocycles. The Morgan fingerprint density at radius 1 is 1.05 bits per heavy atom. The predicted molar refractivity (Wildman–Crippen MR) is 78.3 cm³/mol. The monoisotopic (exact) mass is 299 g/mol. The SMILES string of the molecule is N=C(N)c1ccc(-c2ccc(-c3ccc(F)cc3F)o2)nc1. The van der Waals surface area contributed by atoms with Gasteiger partial charge < -0.3 is 10.2 Å². The Kier molecular flexibility index (Phi) is 3.42. The summed E-state index contributed by atoms with van der Waals surface area (Å²) in [5.74, 6) is -0.693. The van der Waals surface area contributed by atoms with Crippen molar-refractivity contribution in [3.05, 3.63) is 65.9 Å². The van der Waals surface area contributed by atoms with Crippen LogP contribution in [0.2, 0.25) is 0 Å². The average molecular weight is 299 g/mol. The van der Waals surface area contributed by atoms with Gasteiger partial charge in [-0.2, -0.15) is 0 Å². The van der Waals surface area contributed by atoms with Gasteiger partial charge in [-0.1, -0.05) is 0 Å². The second kappa shape index (κ2) is 5.40. The third kappa shape index (κ3) is 2.58. The van der Waals surface area contributed by atoms with Crippen LogP contribution in [0.3, 0.4) is 0 Å². The maximum absolute atomic E-state index is 13.7. The first-order valence-electron chi connectivity index (χ1n) is 6.40. The summed E-state index contributed by atoms with van der Waals surface area (Å²) in [6.45, 7) is 0. The summed E-state index contributed by atoms with van der Waals surface area (Å²) in [6.07, 6.45) is 1.46. The molecule has 0 saturated carbocycles. The van der Waals surface area contributed by atoms with Gasteiger partial charge in [-0.05, 0) is 36.4 Å². The molecule has 2 aromatic heterocycles. The van der Waals surface area contributed by atoms with E-state index in [9.17, 15) is 8.78 Å². The molecule has 6 heteroatoms. The van der Waals surface area contributed by atoms with Gasteiger partial charge in [-0.3, -0.25) is 10.4 Å². The lowest BCUT2D eigenvalue weighted by molar-refractivity contribution is 0.566. The van der Waals surface area contributed by atoms with Crippen LogP contribution in [0.1, 0.15) is 5.56 Å². The molecule has 0 bridgehead atoms. The second-order valence-corrected chi connectivity index (χ2v) is 4.63. The number of halogens is 2. The number of nitrogens with one attached hydrogen (secondary N) is 1. The van der Waals surface area contributed by atoms with E-state index in [1.54, 1.807) is 24.3 Å². The summed E-state index contributed by atoms with van der Waals surface area (Å²) < 4.78 is 32.2. The summed E-state index contributed by atoms with van der Waals surface area (Å²) >= 11 is 0. The highest BCUT2D eigenvalue weighted by atomic mass is 19.1. The van der Waals surface area contributed by atoms with Crippen molar-refractivity contribution in [2.45, 2.75) is 0 Å².